The van der Waals surface area contributed by atoms with Gasteiger partial charge in [-0.25, -0.2) is 24.6 Å². The Bertz CT molecular complexity index is 1320. The zero-order valence-corrected chi connectivity index (χ0v) is 20.2. The van der Waals surface area contributed by atoms with Crippen molar-refractivity contribution in [3.05, 3.63) is 65.8 Å². The number of allylic oxidation sites excluding steroid dienone is 1. The first kappa shape index (κ1) is 24.4. The molecule has 0 saturated carbocycles. The summed E-state index contributed by atoms with van der Waals surface area (Å²) < 4.78 is 26.0. The number of ether oxygens (including phenoxy) is 2. The first-order valence-electron chi connectivity index (χ1n) is 10.6. The number of carbonyl (C=O) groups is 1. The van der Waals surface area contributed by atoms with E-state index >= 15 is 4.39 Å². The molecular weight excluding hydrogens is 479 g/mol. The van der Waals surface area contributed by atoms with Gasteiger partial charge >= 0.3 is 6.09 Å². The standard InChI is InChI=1S/C23H24ClFN6O4/c1-23(2,3)35-22(33)31(12-5-7-15(24)26-9-12)16-8-6-13(19(25)30-16)18(32)14-10-27-20-17(14)21(34-4)29-11-28-20/h5-11,15,18,26,32H,1-4H3,(H,27,28,29). The first-order chi connectivity index (χ1) is 16.6. The van der Waals surface area contributed by atoms with Gasteiger partial charge in [-0.15, -0.1) is 0 Å². The minimum Gasteiger partial charge on any atom is -0.480 e. The van der Waals surface area contributed by atoms with Crippen molar-refractivity contribution in [3.63, 3.8) is 0 Å². The van der Waals surface area contributed by atoms with Crippen molar-refractivity contribution in [3.8, 4) is 5.88 Å². The number of nitrogens with zero attached hydrogens (tertiary/aromatic N) is 4. The summed E-state index contributed by atoms with van der Waals surface area (Å²) in [6.45, 7) is 5.15. The van der Waals surface area contributed by atoms with Crippen LogP contribution in [0.1, 0.15) is 38.0 Å². The van der Waals surface area contributed by atoms with Crippen molar-refractivity contribution in [1.82, 2.24) is 25.3 Å². The Morgan fingerprint density at radius 3 is 2.69 bits per heavy atom. The predicted octanol–water partition coefficient (Wildman–Crippen LogP) is 3.89. The van der Waals surface area contributed by atoms with Crippen LogP contribution in [-0.2, 0) is 4.74 Å². The summed E-state index contributed by atoms with van der Waals surface area (Å²) in [7, 11) is 1.43. The van der Waals surface area contributed by atoms with Gasteiger partial charge in [0.05, 0.1) is 18.2 Å². The highest BCUT2D eigenvalue weighted by atomic mass is 35.5. The number of pyridine rings is 1. The summed E-state index contributed by atoms with van der Waals surface area (Å²) in [6, 6.07) is 2.76. The summed E-state index contributed by atoms with van der Waals surface area (Å²) in [5.74, 6) is -0.789. The minimum atomic E-state index is -1.41. The number of H-pyrrole nitrogens is 1. The number of aliphatic hydroxyl groups is 1. The van der Waals surface area contributed by atoms with E-state index in [0.717, 1.165) is 4.90 Å². The summed E-state index contributed by atoms with van der Waals surface area (Å²) >= 11 is 6.01. The van der Waals surface area contributed by atoms with Crippen LogP contribution < -0.4 is 15.0 Å². The zero-order valence-electron chi connectivity index (χ0n) is 19.4. The summed E-state index contributed by atoms with van der Waals surface area (Å²) in [6.07, 6.45) is 5.36. The van der Waals surface area contributed by atoms with Crippen LogP contribution in [0.25, 0.3) is 11.0 Å². The lowest BCUT2D eigenvalue weighted by Gasteiger charge is -2.29. The molecule has 2 unspecified atom stereocenters. The van der Waals surface area contributed by atoms with E-state index in [1.54, 1.807) is 32.9 Å². The van der Waals surface area contributed by atoms with Crippen LogP contribution in [0, 0.1) is 5.95 Å². The summed E-state index contributed by atoms with van der Waals surface area (Å²) in [5, 5.41) is 14.3. The second-order valence-electron chi connectivity index (χ2n) is 8.62. The van der Waals surface area contributed by atoms with E-state index in [2.05, 4.69) is 25.3 Å². The Balaban J connectivity index is 1.72. The molecule has 12 heteroatoms. The van der Waals surface area contributed by atoms with Crippen molar-refractivity contribution < 1.29 is 23.8 Å². The van der Waals surface area contributed by atoms with Crippen LogP contribution in [-0.4, -0.2) is 49.3 Å². The highest BCUT2D eigenvalue weighted by molar-refractivity contribution is 6.21. The van der Waals surface area contributed by atoms with Crippen LogP contribution >= 0.6 is 11.6 Å². The molecule has 184 valence electrons. The highest BCUT2D eigenvalue weighted by Crippen LogP contribution is 2.34. The Kier molecular flexibility index (Phi) is 6.64. The molecular formula is C23H24ClFN6O4. The van der Waals surface area contributed by atoms with E-state index in [0.29, 0.717) is 22.3 Å². The average molecular weight is 503 g/mol. The molecule has 0 saturated heterocycles. The van der Waals surface area contributed by atoms with Crippen molar-refractivity contribution in [2.75, 3.05) is 12.0 Å². The molecule has 0 aliphatic carbocycles. The van der Waals surface area contributed by atoms with Gasteiger partial charge in [-0.1, -0.05) is 11.6 Å². The average Bonchev–Trinajstić information content (AvgIpc) is 3.23. The molecule has 0 bridgehead atoms. The van der Waals surface area contributed by atoms with Crippen LogP contribution in [0.3, 0.4) is 0 Å². The fourth-order valence-corrected chi connectivity index (χ4v) is 3.62. The lowest BCUT2D eigenvalue weighted by molar-refractivity contribution is 0.0592. The first-order valence-corrected chi connectivity index (χ1v) is 11.0. The second kappa shape index (κ2) is 9.51. The molecule has 1 aliphatic rings. The normalized spacial score (nSPS) is 16.4. The quantitative estimate of drug-likeness (QED) is 0.272. The second-order valence-corrected chi connectivity index (χ2v) is 9.09. The van der Waals surface area contributed by atoms with E-state index < -0.39 is 29.2 Å². The van der Waals surface area contributed by atoms with Gasteiger partial charge in [-0.05, 0) is 45.1 Å². The number of nitrogens with one attached hydrogen (secondary N) is 2. The molecule has 3 aromatic rings. The SMILES string of the molecule is COc1ncnc2[nH]cc(C(O)c3ccc(N(C(=O)OC(C)(C)C)C4=CNC(Cl)C=C4)nc3F)c12. The fourth-order valence-electron chi connectivity index (χ4n) is 3.49. The molecule has 4 heterocycles. The van der Waals surface area contributed by atoms with Gasteiger partial charge in [0.25, 0.3) is 0 Å². The van der Waals surface area contributed by atoms with Crippen LogP contribution in [0.15, 0.2) is 48.7 Å². The van der Waals surface area contributed by atoms with Gasteiger partial charge in [0.15, 0.2) is 0 Å². The summed E-state index contributed by atoms with van der Waals surface area (Å²) in [5.41, 5.74) is -0.300. The molecule has 4 rings (SSSR count). The van der Waals surface area contributed by atoms with Gasteiger partial charge < -0.3 is 24.9 Å². The number of hydrogen-bond acceptors (Lipinski definition) is 8. The molecule has 0 aromatic carbocycles. The molecule has 0 radical (unpaired) electrons. The van der Waals surface area contributed by atoms with Gasteiger partial charge in [-0.3, -0.25) is 0 Å². The number of alkyl halides is 1. The number of hydrogen-bond donors (Lipinski definition) is 3. The van der Waals surface area contributed by atoms with Crippen molar-refractivity contribution in [2.24, 2.45) is 0 Å². The van der Waals surface area contributed by atoms with Gasteiger partial charge in [0, 0.05) is 23.5 Å². The van der Waals surface area contributed by atoms with Crippen LogP contribution in [0.2, 0.25) is 0 Å². The van der Waals surface area contributed by atoms with Gasteiger partial charge in [0.1, 0.15) is 35.0 Å². The van der Waals surface area contributed by atoms with E-state index in [1.807, 2.05) is 0 Å². The van der Waals surface area contributed by atoms with E-state index in [9.17, 15) is 9.90 Å². The Hall–Kier alpha value is -3.70. The van der Waals surface area contributed by atoms with E-state index in [-0.39, 0.29) is 17.3 Å². The number of anilines is 1. The molecule has 35 heavy (non-hydrogen) atoms. The molecule has 10 nitrogen and oxygen atoms in total. The number of dihydropyridines is 1. The van der Waals surface area contributed by atoms with E-state index in [4.69, 9.17) is 21.1 Å². The number of carbonyl (C=O) groups excluding carboxylic acids is 1. The molecule has 1 amide bonds. The minimum absolute atomic E-state index is 0.0433. The van der Waals surface area contributed by atoms with E-state index in [1.165, 1.54) is 38.0 Å². The van der Waals surface area contributed by atoms with Crippen molar-refractivity contribution in [2.45, 2.75) is 38.0 Å². The number of aromatic nitrogens is 4. The molecule has 1 aliphatic heterocycles. The number of aromatic amines is 1. The third-order valence-electron chi connectivity index (χ3n) is 5.00. The topological polar surface area (TPSA) is 125 Å². The Labute approximate surface area is 205 Å². The van der Waals surface area contributed by atoms with Gasteiger partial charge in [-0.2, -0.15) is 4.39 Å². The molecule has 0 fully saturated rings. The number of fused-ring (bicyclic) bond motifs is 1. The maximum atomic E-state index is 15.3. The smallest absolute Gasteiger partial charge is 0.420 e. The third-order valence-corrected chi connectivity index (χ3v) is 5.27. The number of halogens is 2. The monoisotopic (exact) mass is 502 g/mol. The largest absolute Gasteiger partial charge is 0.480 e. The summed E-state index contributed by atoms with van der Waals surface area (Å²) in [4.78, 5) is 29.1. The Morgan fingerprint density at radius 1 is 1.29 bits per heavy atom. The molecule has 3 N–H and O–H groups in total. The van der Waals surface area contributed by atoms with Crippen LogP contribution in [0.5, 0.6) is 5.88 Å². The highest BCUT2D eigenvalue weighted by Gasteiger charge is 2.29. The maximum absolute atomic E-state index is 15.3. The number of rotatable bonds is 5. The zero-order chi connectivity index (χ0) is 25.3. The number of amides is 1. The fraction of sp³-hybridized carbons (Fsp3) is 0.304. The van der Waals surface area contributed by atoms with Crippen LogP contribution in [0.4, 0.5) is 15.0 Å². The molecule has 2 atom stereocenters. The van der Waals surface area contributed by atoms with Gasteiger partial charge in [0.2, 0.25) is 11.8 Å². The lowest BCUT2D eigenvalue weighted by Crippen LogP contribution is -2.38. The third kappa shape index (κ3) is 5.05. The lowest BCUT2D eigenvalue weighted by atomic mass is 10.0. The molecule has 3 aromatic heterocycles. The predicted molar refractivity (Wildman–Crippen MR) is 127 cm³/mol. The van der Waals surface area contributed by atoms with Crippen molar-refractivity contribution >= 4 is 34.5 Å². The maximum Gasteiger partial charge on any atom is 0.420 e. The Morgan fingerprint density at radius 2 is 2.06 bits per heavy atom. The van der Waals surface area contributed by atoms with Crippen molar-refractivity contribution in [1.29, 1.82) is 0 Å². The molecule has 0 spiro atoms. The number of aliphatic hydroxyl groups excluding tert-OH is 1. The number of methoxy groups -OCH3 is 1.